The van der Waals surface area contributed by atoms with E-state index in [0.29, 0.717) is 12.0 Å². The molecule has 5 nitrogen and oxygen atoms in total. The van der Waals surface area contributed by atoms with Gasteiger partial charge in [0.15, 0.2) is 0 Å². The zero-order valence-corrected chi connectivity index (χ0v) is 13.9. The van der Waals surface area contributed by atoms with E-state index in [2.05, 4.69) is 0 Å². The Bertz CT molecular complexity index is 582. The molecule has 0 aliphatic carbocycles. The number of amides is 1. The summed E-state index contributed by atoms with van der Waals surface area (Å²) in [5, 5.41) is 9.35. The van der Waals surface area contributed by atoms with Crippen LogP contribution in [0.15, 0.2) is 12.1 Å². The van der Waals surface area contributed by atoms with Gasteiger partial charge in [0.2, 0.25) is 5.91 Å². The molecule has 1 aliphatic rings. The Morgan fingerprint density at radius 3 is 2.23 bits per heavy atom. The third kappa shape index (κ3) is 2.78. The first-order valence-electron chi connectivity index (χ1n) is 7.49. The summed E-state index contributed by atoms with van der Waals surface area (Å²) in [5.74, 6) is -0.475. The number of benzene rings is 1. The minimum Gasteiger partial charge on any atom is -0.399 e. The second-order valence-corrected chi connectivity index (χ2v) is 6.73. The first-order chi connectivity index (χ1) is 10.1. The molecule has 0 saturated carbocycles. The summed E-state index contributed by atoms with van der Waals surface area (Å²) in [4.78, 5) is 11.5. The van der Waals surface area contributed by atoms with Crippen molar-refractivity contribution in [3.05, 3.63) is 28.8 Å². The van der Waals surface area contributed by atoms with Crippen molar-refractivity contribution in [1.29, 1.82) is 0 Å². The molecule has 0 radical (unpaired) electrons. The van der Waals surface area contributed by atoms with Crippen molar-refractivity contribution < 1.29 is 19.2 Å². The first-order valence-corrected chi connectivity index (χ1v) is 7.49. The summed E-state index contributed by atoms with van der Waals surface area (Å²) in [7, 11) is -0.521. The highest BCUT2D eigenvalue weighted by Gasteiger charge is 2.52. The minimum atomic E-state index is -0.521. The topological polar surface area (TPSA) is 81.8 Å². The number of nitrogens with two attached hydrogens (primary N) is 1. The van der Waals surface area contributed by atoms with Crippen molar-refractivity contribution >= 4 is 18.5 Å². The van der Waals surface area contributed by atoms with E-state index in [-0.39, 0.29) is 6.61 Å². The number of carbonyl (C=O) groups is 1. The normalized spacial score (nSPS) is 19.5. The second kappa shape index (κ2) is 5.68. The average molecular weight is 305 g/mol. The Labute approximate surface area is 131 Å². The molecule has 1 aromatic carbocycles. The molecule has 0 bridgehead atoms. The Kier molecular flexibility index (Phi) is 4.39. The fourth-order valence-corrected chi connectivity index (χ4v) is 2.68. The molecule has 1 aromatic rings. The van der Waals surface area contributed by atoms with E-state index < -0.39 is 24.2 Å². The van der Waals surface area contributed by atoms with Crippen LogP contribution in [-0.2, 0) is 15.7 Å². The summed E-state index contributed by atoms with van der Waals surface area (Å²) >= 11 is 0. The molecule has 120 valence electrons. The van der Waals surface area contributed by atoms with E-state index in [1.807, 2.05) is 34.6 Å². The van der Waals surface area contributed by atoms with Gasteiger partial charge in [-0.05, 0) is 63.7 Å². The van der Waals surface area contributed by atoms with Crippen molar-refractivity contribution in [2.75, 3.05) is 6.61 Å². The van der Waals surface area contributed by atoms with Gasteiger partial charge in [-0.25, -0.2) is 0 Å². The summed E-state index contributed by atoms with van der Waals surface area (Å²) in [6, 6.07) is 3.50. The van der Waals surface area contributed by atoms with Gasteiger partial charge in [0, 0.05) is 12.2 Å². The zero-order valence-electron chi connectivity index (χ0n) is 13.9. The number of primary amides is 1. The molecular weight excluding hydrogens is 281 g/mol. The van der Waals surface area contributed by atoms with Gasteiger partial charge in [0.1, 0.15) is 0 Å². The number of aliphatic hydroxyl groups is 1. The van der Waals surface area contributed by atoms with Crippen LogP contribution in [0, 0.1) is 6.92 Å². The lowest BCUT2D eigenvalue weighted by Gasteiger charge is -2.32. The molecule has 0 atom stereocenters. The van der Waals surface area contributed by atoms with Gasteiger partial charge >= 0.3 is 7.12 Å². The molecular formula is C16H24BNO4. The third-order valence-corrected chi connectivity index (χ3v) is 4.77. The highest BCUT2D eigenvalue weighted by Crippen LogP contribution is 2.37. The molecule has 3 N–H and O–H groups in total. The highest BCUT2D eigenvalue weighted by molar-refractivity contribution is 6.62. The first kappa shape index (κ1) is 17.0. The predicted molar refractivity (Wildman–Crippen MR) is 86.2 cm³/mol. The SMILES string of the molecule is Cc1c(C(N)=O)ccc(B2OC(C)(C)C(C)(C)O2)c1CCO. The lowest BCUT2D eigenvalue weighted by atomic mass is 9.73. The summed E-state index contributed by atoms with van der Waals surface area (Å²) in [6.45, 7) is 9.77. The van der Waals surface area contributed by atoms with Gasteiger partial charge in [-0.1, -0.05) is 6.07 Å². The van der Waals surface area contributed by atoms with Crippen molar-refractivity contribution in [1.82, 2.24) is 0 Å². The minimum absolute atomic E-state index is 0.0183. The quantitative estimate of drug-likeness (QED) is 0.811. The van der Waals surface area contributed by atoms with E-state index in [4.69, 9.17) is 15.0 Å². The number of rotatable bonds is 4. The number of aliphatic hydroxyl groups excluding tert-OH is 1. The molecule has 2 rings (SSSR count). The van der Waals surface area contributed by atoms with E-state index in [1.165, 1.54) is 0 Å². The largest absolute Gasteiger partial charge is 0.495 e. The molecule has 1 saturated heterocycles. The molecule has 0 unspecified atom stereocenters. The van der Waals surface area contributed by atoms with Gasteiger partial charge < -0.3 is 20.1 Å². The maximum absolute atomic E-state index is 11.5. The van der Waals surface area contributed by atoms with Crippen molar-refractivity contribution in [3.8, 4) is 0 Å². The monoisotopic (exact) mass is 305 g/mol. The van der Waals surface area contributed by atoms with Crippen LogP contribution in [0.4, 0.5) is 0 Å². The number of hydrogen-bond donors (Lipinski definition) is 2. The zero-order chi connectivity index (χ0) is 16.7. The van der Waals surface area contributed by atoms with Crippen LogP contribution in [-0.4, -0.2) is 35.9 Å². The summed E-state index contributed by atoms with van der Waals surface area (Å²) in [5.41, 5.74) is 7.46. The van der Waals surface area contributed by atoms with Gasteiger partial charge in [0.25, 0.3) is 0 Å². The molecule has 1 fully saturated rings. The number of carbonyl (C=O) groups excluding carboxylic acids is 1. The van der Waals surface area contributed by atoms with Crippen molar-refractivity contribution in [3.63, 3.8) is 0 Å². The standard InChI is InChI=1S/C16H24BNO4/c1-10-11(8-9-19)13(7-6-12(10)14(18)20)17-21-15(2,3)16(4,5)22-17/h6-7,19H,8-9H2,1-5H3,(H2,18,20). The van der Waals surface area contributed by atoms with Crippen molar-refractivity contribution in [2.24, 2.45) is 5.73 Å². The summed E-state index contributed by atoms with van der Waals surface area (Å²) < 4.78 is 12.1. The fraction of sp³-hybridized carbons (Fsp3) is 0.562. The van der Waals surface area contributed by atoms with Crippen LogP contribution in [0.5, 0.6) is 0 Å². The van der Waals surface area contributed by atoms with Gasteiger partial charge in [-0.2, -0.15) is 0 Å². The maximum Gasteiger partial charge on any atom is 0.495 e. The van der Waals surface area contributed by atoms with Crippen molar-refractivity contribution in [2.45, 2.75) is 52.2 Å². The Balaban J connectivity index is 2.48. The van der Waals surface area contributed by atoms with Gasteiger partial charge in [-0.3, -0.25) is 4.79 Å². The van der Waals surface area contributed by atoms with Crippen LogP contribution < -0.4 is 11.2 Å². The molecule has 1 heterocycles. The molecule has 6 heteroatoms. The number of hydrogen-bond acceptors (Lipinski definition) is 4. The molecule has 0 aromatic heterocycles. The Hall–Kier alpha value is -1.37. The molecule has 1 amide bonds. The van der Waals surface area contributed by atoms with E-state index in [1.54, 1.807) is 12.1 Å². The highest BCUT2D eigenvalue weighted by atomic mass is 16.7. The van der Waals surface area contributed by atoms with Crippen LogP contribution in [0.2, 0.25) is 0 Å². The van der Waals surface area contributed by atoms with Crippen LogP contribution in [0.25, 0.3) is 0 Å². The predicted octanol–water partition coefficient (Wildman–Crippen LogP) is 0.928. The maximum atomic E-state index is 11.5. The van der Waals surface area contributed by atoms with Crippen LogP contribution in [0.3, 0.4) is 0 Å². The lowest BCUT2D eigenvalue weighted by Crippen LogP contribution is -2.41. The Morgan fingerprint density at radius 1 is 1.23 bits per heavy atom. The average Bonchev–Trinajstić information content (AvgIpc) is 2.60. The smallest absolute Gasteiger partial charge is 0.399 e. The van der Waals surface area contributed by atoms with E-state index in [0.717, 1.165) is 16.6 Å². The molecule has 0 spiro atoms. The van der Waals surface area contributed by atoms with E-state index in [9.17, 15) is 9.90 Å². The lowest BCUT2D eigenvalue weighted by molar-refractivity contribution is 0.00578. The molecule has 22 heavy (non-hydrogen) atoms. The Morgan fingerprint density at radius 2 is 1.77 bits per heavy atom. The van der Waals surface area contributed by atoms with Crippen LogP contribution >= 0.6 is 0 Å². The molecule has 1 aliphatic heterocycles. The van der Waals surface area contributed by atoms with E-state index >= 15 is 0 Å². The van der Waals surface area contributed by atoms with Crippen LogP contribution in [0.1, 0.15) is 49.2 Å². The fourth-order valence-electron chi connectivity index (χ4n) is 2.68. The van der Waals surface area contributed by atoms with Gasteiger partial charge in [-0.15, -0.1) is 0 Å². The second-order valence-electron chi connectivity index (χ2n) is 6.73. The third-order valence-electron chi connectivity index (χ3n) is 4.77. The van der Waals surface area contributed by atoms with Gasteiger partial charge in [0.05, 0.1) is 11.2 Å². The summed E-state index contributed by atoms with van der Waals surface area (Å²) in [6.07, 6.45) is 0.423.